The Kier molecular flexibility index (Phi) is 7.14. The van der Waals surface area contributed by atoms with Crippen LogP contribution in [0.3, 0.4) is 0 Å². The number of carbonyl (C=O) groups excluding carboxylic acids is 1. The molecule has 0 fully saturated rings. The van der Waals surface area contributed by atoms with E-state index in [-0.39, 0.29) is 33.4 Å². The molecule has 38 heavy (non-hydrogen) atoms. The number of benzene rings is 1. The Morgan fingerprint density at radius 3 is 2.55 bits per heavy atom. The van der Waals surface area contributed by atoms with Crippen molar-refractivity contribution in [2.75, 3.05) is 25.2 Å². The molecule has 2 aromatic heterocycles. The molecule has 0 saturated carbocycles. The Balaban J connectivity index is 1.52. The van der Waals surface area contributed by atoms with Crippen LogP contribution in [0.1, 0.15) is 28.2 Å². The fraction of sp³-hybridized carbons (Fsp3) is 0.286. The molecule has 3 aromatic rings. The first-order valence-corrected chi connectivity index (χ1v) is 12.1. The third kappa shape index (κ3) is 4.92. The van der Waals surface area contributed by atoms with E-state index in [1.807, 2.05) is 0 Å². The Hall–Kier alpha value is -4.02. The number of ether oxygens (including phenoxy) is 1. The molecule has 10 nitrogen and oxygen atoms in total. The fourth-order valence-electron chi connectivity index (χ4n) is 3.68. The summed E-state index contributed by atoms with van der Waals surface area (Å²) in [6.45, 7) is -1.42. The number of hydrogen-bond acceptors (Lipinski definition) is 7. The number of methoxy groups -OCH3 is 1. The van der Waals surface area contributed by atoms with E-state index in [0.29, 0.717) is 0 Å². The van der Waals surface area contributed by atoms with E-state index in [1.165, 1.54) is 34.9 Å². The number of amides is 1. The molecule has 1 aromatic carbocycles. The van der Waals surface area contributed by atoms with Crippen molar-refractivity contribution in [1.82, 2.24) is 19.0 Å². The maximum Gasteiger partial charge on any atom is 0.516 e. The van der Waals surface area contributed by atoms with E-state index >= 15 is 0 Å². The van der Waals surface area contributed by atoms with Gasteiger partial charge in [0.15, 0.2) is 0 Å². The van der Waals surface area contributed by atoms with E-state index in [4.69, 9.17) is 0 Å². The lowest BCUT2D eigenvalue weighted by molar-refractivity contribution is -0.0477. The summed E-state index contributed by atoms with van der Waals surface area (Å²) in [5, 5.41) is 7.02. The normalized spacial score (nSPS) is 14.7. The molecule has 1 N–H and O–H groups in total. The van der Waals surface area contributed by atoms with E-state index in [1.54, 1.807) is 6.07 Å². The quantitative estimate of drug-likeness (QED) is 0.461. The zero-order chi connectivity index (χ0) is 27.8. The summed E-state index contributed by atoms with van der Waals surface area (Å²) in [7, 11) is -4.87. The lowest BCUT2D eigenvalue weighted by atomic mass is 10.2. The third-order valence-electron chi connectivity index (χ3n) is 5.42. The number of anilines is 1. The van der Waals surface area contributed by atoms with Gasteiger partial charge in [0.2, 0.25) is 0 Å². The summed E-state index contributed by atoms with van der Waals surface area (Å²) >= 11 is 0. The van der Waals surface area contributed by atoms with E-state index in [9.17, 15) is 39.6 Å². The summed E-state index contributed by atoms with van der Waals surface area (Å²) in [6, 6.07) is 7.21. The molecule has 0 atom stereocenters. The first-order valence-electron chi connectivity index (χ1n) is 10.7. The highest BCUT2D eigenvalue weighted by molar-refractivity contribution is 7.90. The number of carbonyl (C=O) groups is 1. The average Bonchev–Trinajstić information content (AvgIpc) is 3.26. The van der Waals surface area contributed by atoms with Crippen molar-refractivity contribution >= 4 is 33.3 Å². The number of hydrogen-bond donors (Lipinski definition) is 1. The highest BCUT2D eigenvalue weighted by atomic mass is 32.2. The number of halogens is 6. The molecule has 1 aliphatic heterocycles. The number of nitrogens with zero attached hydrogens (tertiary/aromatic N) is 5. The summed E-state index contributed by atoms with van der Waals surface area (Å²) in [5.74, 6) is -1.77. The molecule has 1 amide bonds. The third-order valence-corrected chi connectivity index (χ3v) is 6.93. The lowest BCUT2D eigenvalue weighted by Crippen LogP contribution is -2.51. The number of imidazole rings is 1. The number of fused-ring (bicyclic) bond motifs is 1. The van der Waals surface area contributed by atoms with Gasteiger partial charge in [-0.1, -0.05) is 12.1 Å². The van der Waals surface area contributed by atoms with Crippen LogP contribution in [0.4, 0.5) is 32.0 Å². The topological polar surface area (TPSA) is 109 Å². The van der Waals surface area contributed by atoms with Crippen LogP contribution < -0.4 is 10.3 Å². The van der Waals surface area contributed by atoms with Crippen molar-refractivity contribution < 1.29 is 44.3 Å². The van der Waals surface area contributed by atoms with Crippen molar-refractivity contribution in [3.63, 3.8) is 0 Å². The number of rotatable bonds is 6. The van der Waals surface area contributed by atoms with Crippen LogP contribution >= 0.6 is 0 Å². The lowest BCUT2D eigenvalue weighted by Gasteiger charge is -2.32. The SMILES string of the molecule is COC1=NN(c2ccc(CNC(=O)c3c(C(F)F)nc4ccccn34)cc2F)CCN1S(=O)(=O)C(F)(F)F. The van der Waals surface area contributed by atoms with E-state index < -0.39 is 58.5 Å². The van der Waals surface area contributed by atoms with Gasteiger partial charge in [0, 0.05) is 12.7 Å². The second-order valence-corrected chi connectivity index (χ2v) is 9.63. The van der Waals surface area contributed by atoms with Crippen molar-refractivity contribution in [3.05, 3.63) is 65.4 Å². The highest BCUT2D eigenvalue weighted by Crippen LogP contribution is 2.30. The summed E-state index contributed by atoms with van der Waals surface area (Å²) in [4.78, 5) is 16.5. The first-order chi connectivity index (χ1) is 17.8. The van der Waals surface area contributed by atoms with Crippen LogP contribution in [-0.4, -0.2) is 59.7 Å². The largest absolute Gasteiger partial charge is 0.516 e. The van der Waals surface area contributed by atoms with Crippen molar-refractivity contribution in [3.8, 4) is 0 Å². The van der Waals surface area contributed by atoms with Gasteiger partial charge in [-0.05, 0) is 29.8 Å². The Morgan fingerprint density at radius 2 is 1.92 bits per heavy atom. The zero-order valence-electron chi connectivity index (χ0n) is 19.3. The van der Waals surface area contributed by atoms with Crippen LogP contribution in [0.2, 0.25) is 0 Å². The number of pyridine rings is 1. The van der Waals surface area contributed by atoms with Crippen LogP contribution in [0.5, 0.6) is 0 Å². The predicted molar refractivity (Wildman–Crippen MR) is 121 cm³/mol. The van der Waals surface area contributed by atoms with Gasteiger partial charge in [-0.3, -0.25) is 14.2 Å². The minimum absolute atomic E-state index is 0.0703. The Bertz CT molecular complexity index is 1510. The van der Waals surface area contributed by atoms with Crippen molar-refractivity contribution in [2.24, 2.45) is 5.10 Å². The molecule has 17 heteroatoms. The first kappa shape index (κ1) is 27.0. The Labute approximate surface area is 211 Å². The van der Waals surface area contributed by atoms with Gasteiger partial charge in [-0.15, -0.1) is 5.10 Å². The number of amidine groups is 1. The van der Waals surface area contributed by atoms with Crippen LogP contribution in [0.15, 0.2) is 47.7 Å². The number of hydrazone groups is 1. The molecule has 0 spiro atoms. The number of nitrogens with one attached hydrogen (secondary N) is 1. The molecule has 0 aliphatic carbocycles. The van der Waals surface area contributed by atoms with Gasteiger partial charge in [0.05, 0.1) is 25.9 Å². The molecule has 0 unspecified atom stereocenters. The summed E-state index contributed by atoms with van der Waals surface area (Å²) < 4.78 is 110. The molecule has 204 valence electrons. The van der Waals surface area contributed by atoms with Crippen LogP contribution in [-0.2, 0) is 21.3 Å². The standard InChI is InChI=1S/C21H18F6N6O4S/c1-37-20-30-32(8-9-33(20)38(35,36)21(25,26)27)14-6-5-12(10-13(14)22)11-28-19(34)17-16(18(23)24)29-15-4-2-3-7-31(15)17/h2-7,10,18H,8-9,11H2,1H3,(H,28,34). The monoisotopic (exact) mass is 564 g/mol. The maximum atomic E-state index is 14.9. The van der Waals surface area contributed by atoms with E-state index in [0.717, 1.165) is 18.2 Å². The smallest absolute Gasteiger partial charge is 0.467 e. The number of alkyl halides is 5. The van der Waals surface area contributed by atoms with Gasteiger partial charge in [0.25, 0.3) is 12.3 Å². The highest BCUT2D eigenvalue weighted by Gasteiger charge is 2.52. The molecular weight excluding hydrogens is 546 g/mol. The maximum absolute atomic E-state index is 14.9. The molecule has 3 heterocycles. The van der Waals surface area contributed by atoms with Crippen molar-refractivity contribution in [2.45, 2.75) is 18.5 Å². The van der Waals surface area contributed by atoms with Crippen LogP contribution in [0.25, 0.3) is 5.65 Å². The second kappa shape index (κ2) is 10.0. The van der Waals surface area contributed by atoms with Gasteiger partial charge in [0.1, 0.15) is 22.9 Å². The molecular formula is C21H18F6N6O4S. The summed E-state index contributed by atoms with van der Waals surface area (Å²) in [5.41, 5.74) is -6.52. The predicted octanol–water partition coefficient (Wildman–Crippen LogP) is 3.23. The molecule has 4 rings (SSSR count). The minimum atomic E-state index is -5.78. The number of sulfonamides is 1. The molecule has 0 bridgehead atoms. The summed E-state index contributed by atoms with van der Waals surface area (Å²) in [6.07, 6.45) is -1.62. The Morgan fingerprint density at radius 1 is 1.18 bits per heavy atom. The zero-order valence-corrected chi connectivity index (χ0v) is 20.1. The van der Waals surface area contributed by atoms with Gasteiger partial charge >= 0.3 is 21.6 Å². The van der Waals surface area contributed by atoms with Crippen molar-refractivity contribution in [1.29, 1.82) is 0 Å². The number of aromatic nitrogens is 2. The molecule has 0 radical (unpaired) electrons. The fourth-order valence-corrected chi connectivity index (χ4v) is 4.57. The average molecular weight is 564 g/mol. The van der Waals surface area contributed by atoms with Gasteiger partial charge < -0.3 is 10.1 Å². The van der Waals surface area contributed by atoms with Crippen LogP contribution in [0, 0.1) is 5.82 Å². The minimum Gasteiger partial charge on any atom is -0.467 e. The van der Waals surface area contributed by atoms with Gasteiger partial charge in [-0.25, -0.2) is 22.5 Å². The molecule has 0 saturated heterocycles. The van der Waals surface area contributed by atoms with E-state index in [2.05, 4.69) is 20.1 Å². The van der Waals surface area contributed by atoms with Gasteiger partial charge in [-0.2, -0.15) is 21.6 Å². The molecule has 1 aliphatic rings. The second-order valence-electron chi connectivity index (χ2n) is 7.78.